The van der Waals surface area contributed by atoms with Gasteiger partial charge in [0.1, 0.15) is 0 Å². The van der Waals surface area contributed by atoms with E-state index in [1.165, 1.54) is 43.4 Å². The maximum Gasteiger partial charge on any atom is 0.0198 e. The van der Waals surface area contributed by atoms with Gasteiger partial charge in [0.2, 0.25) is 0 Å². The van der Waals surface area contributed by atoms with Crippen LogP contribution in [0.25, 0.3) is 0 Å². The number of nitrogens with one attached hydrogen (secondary N) is 1. The molecule has 0 heterocycles. The minimum atomic E-state index is 0.624. The Morgan fingerprint density at radius 1 is 1.16 bits per heavy atom. The zero-order chi connectivity index (χ0) is 13.3. The number of likely N-dealkylation sites (N-methyl/N-ethyl adjacent to an activating group) is 1. The van der Waals surface area contributed by atoms with Crippen molar-refractivity contribution in [2.24, 2.45) is 0 Å². The second kappa shape index (κ2) is 8.65. The van der Waals surface area contributed by atoms with Crippen LogP contribution in [0, 0.1) is 0 Å². The van der Waals surface area contributed by atoms with Crippen molar-refractivity contribution >= 4 is 11.8 Å². The van der Waals surface area contributed by atoms with Crippen molar-refractivity contribution in [1.29, 1.82) is 0 Å². The van der Waals surface area contributed by atoms with E-state index >= 15 is 0 Å². The molecule has 1 fully saturated rings. The topological polar surface area (TPSA) is 12.0 Å². The zero-order valence-electron chi connectivity index (χ0n) is 12.1. The molecule has 1 saturated carbocycles. The van der Waals surface area contributed by atoms with Crippen LogP contribution in [0.1, 0.15) is 44.6 Å². The zero-order valence-corrected chi connectivity index (χ0v) is 12.9. The highest BCUT2D eigenvalue weighted by molar-refractivity contribution is 7.99. The van der Waals surface area contributed by atoms with Gasteiger partial charge in [-0.3, -0.25) is 0 Å². The van der Waals surface area contributed by atoms with Gasteiger partial charge in [0.05, 0.1) is 0 Å². The minimum Gasteiger partial charge on any atom is -0.313 e. The van der Waals surface area contributed by atoms with E-state index in [1.807, 2.05) is 0 Å². The van der Waals surface area contributed by atoms with E-state index in [0.717, 1.165) is 18.2 Å². The average molecular weight is 277 g/mol. The van der Waals surface area contributed by atoms with Crippen molar-refractivity contribution in [1.82, 2.24) is 5.32 Å². The fraction of sp³-hybridized carbons (Fsp3) is 0.647. The molecule has 0 aromatic heterocycles. The normalized spacial score (nSPS) is 18.4. The van der Waals surface area contributed by atoms with Gasteiger partial charge in [-0.15, -0.1) is 0 Å². The number of thioether (sulfide) groups is 1. The summed E-state index contributed by atoms with van der Waals surface area (Å²) >= 11 is 2.20. The molecule has 0 radical (unpaired) electrons. The molecular weight excluding hydrogens is 250 g/mol. The average Bonchev–Trinajstić information content (AvgIpc) is 2.47. The lowest BCUT2D eigenvalue weighted by Crippen LogP contribution is -2.34. The summed E-state index contributed by atoms with van der Waals surface area (Å²) in [6.45, 7) is 3.28. The van der Waals surface area contributed by atoms with Crippen molar-refractivity contribution in [3.63, 3.8) is 0 Å². The minimum absolute atomic E-state index is 0.624. The second-order valence-electron chi connectivity index (χ2n) is 5.54. The lowest BCUT2D eigenvalue weighted by molar-refractivity contribution is 0.513. The number of hydrogen-bond donors (Lipinski definition) is 1. The van der Waals surface area contributed by atoms with Crippen molar-refractivity contribution < 1.29 is 0 Å². The van der Waals surface area contributed by atoms with Gasteiger partial charge in [-0.05, 0) is 31.4 Å². The van der Waals surface area contributed by atoms with E-state index in [9.17, 15) is 0 Å². The quantitative estimate of drug-likeness (QED) is 0.798. The largest absolute Gasteiger partial charge is 0.313 e. The Kier molecular flexibility index (Phi) is 6.80. The number of hydrogen-bond acceptors (Lipinski definition) is 2. The van der Waals surface area contributed by atoms with Gasteiger partial charge >= 0.3 is 0 Å². The predicted octanol–water partition coefficient (Wildman–Crippen LogP) is 4.27. The van der Waals surface area contributed by atoms with Gasteiger partial charge < -0.3 is 5.32 Å². The Morgan fingerprint density at radius 2 is 1.89 bits per heavy atom. The van der Waals surface area contributed by atoms with Crippen LogP contribution >= 0.6 is 11.8 Å². The third kappa shape index (κ3) is 5.58. The first-order valence-electron chi connectivity index (χ1n) is 7.77. The Hall–Kier alpha value is -0.470. The highest BCUT2D eigenvalue weighted by Crippen LogP contribution is 2.28. The third-order valence-corrected chi connectivity index (χ3v) is 5.44. The first kappa shape index (κ1) is 14.9. The summed E-state index contributed by atoms with van der Waals surface area (Å²) in [5.41, 5.74) is 1.46. The lowest BCUT2D eigenvalue weighted by Gasteiger charge is -2.24. The highest BCUT2D eigenvalue weighted by Gasteiger charge is 2.16. The number of benzene rings is 1. The Labute approximate surface area is 122 Å². The fourth-order valence-corrected chi connectivity index (χ4v) is 4.27. The smallest absolute Gasteiger partial charge is 0.0198 e. The molecule has 0 spiro atoms. The van der Waals surface area contributed by atoms with Crippen LogP contribution in [0.5, 0.6) is 0 Å². The van der Waals surface area contributed by atoms with Gasteiger partial charge in [-0.25, -0.2) is 0 Å². The Morgan fingerprint density at radius 3 is 2.58 bits per heavy atom. The summed E-state index contributed by atoms with van der Waals surface area (Å²) < 4.78 is 0. The van der Waals surface area contributed by atoms with Crippen LogP contribution < -0.4 is 5.32 Å². The molecule has 1 aromatic carbocycles. The summed E-state index contributed by atoms with van der Waals surface area (Å²) in [6.07, 6.45) is 8.39. The van der Waals surface area contributed by atoms with E-state index in [1.54, 1.807) is 0 Å². The van der Waals surface area contributed by atoms with Gasteiger partial charge in [0.15, 0.2) is 0 Å². The maximum atomic E-state index is 3.65. The van der Waals surface area contributed by atoms with Crippen LogP contribution in [0.15, 0.2) is 30.3 Å². The SMILES string of the molecule is CCNC(CSC1CCCCC1)Cc1ccccc1. The second-order valence-corrected chi connectivity index (χ2v) is 6.87. The molecular formula is C17H27NS. The molecule has 0 bridgehead atoms. The molecule has 1 aromatic rings. The van der Waals surface area contributed by atoms with Crippen LogP contribution in [-0.4, -0.2) is 23.6 Å². The van der Waals surface area contributed by atoms with Crippen molar-refractivity contribution in [3.05, 3.63) is 35.9 Å². The molecule has 1 N–H and O–H groups in total. The van der Waals surface area contributed by atoms with Crippen LogP contribution in [-0.2, 0) is 6.42 Å². The molecule has 1 aliphatic rings. The summed E-state index contributed by atoms with van der Waals surface area (Å²) in [6, 6.07) is 11.5. The third-order valence-electron chi connectivity index (χ3n) is 3.90. The monoisotopic (exact) mass is 277 g/mol. The van der Waals surface area contributed by atoms with Crippen LogP contribution in [0.3, 0.4) is 0 Å². The molecule has 1 unspecified atom stereocenters. The van der Waals surface area contributed by atoms with E-state index in [-0.39, 0.29) is 0 Å². The molecule has 1 aliphatic carbocycles. The maximum absolute atomic E-state index is 3.65. The molecule has 0 aliphatic heterocycles. The fourth-order valence-electron chi connectivity index (χ4n) is 2.86. The van der Waals surface area contributed by atoms with Gasteiger partial charge in [0.25, 0.3) is 0 Å². The van der Waals surface area contributed by atoms with E-state index in [2.05, 4.69) is 54.3 Å². The van der Waals surface area contributed by atoms with Gasteiger partial charge in [-0.1, -0.05) is 56.5 Å². The van der Waals surface area contributed by atoms with E-state index in [4.69, 9.17) is 0 Å². The molecule has 0 amide bonds. The van der Waals surface area contributed by atoms with Gasteiger partial charge in [0, 0.05) is 17.0 Å². The summed E-state index contributed by atoms with van der Waals surface area (Å²) in [4.78, 5) is 0. The van der Waals surface area contributed by atoms with Crippen molar-refractivity contribution in [2.45, 2.75) is 56.7 Å². The Balaban J connectivity index is 1.78. The first-order valence-corrected chi connectivity index (χ1v) is 8.82. The first-order chi connectivity index (χ1) is 9.38. The van der Waals surface area contributed by atoms with Crippen LogP contribution in [0.2, 0.25) is 0 Å². The number of rotatable bonds is 7. The van der Waals surface area contributed by atoms with Crippen molar-refractivity contribution in [3.8, 4) is 0 Å². The molecule has 2 rings (SSSR count). The van der Waals surface area contributed by atoms with Gasteiger partial charge in [-0.2, -0.15) is 11.8 Å². The molecule has 1 nitrogen and oxygen atoms in total. The highest BCUT2D eigenvalue weighted by atomic mass is 32.2. The van der Waals surface area contributed by atoms with Crippen LogP contribution in [0.4, 0.5) is 0 Å². The summed E-state index contributed by atoms with van der Waals surface area (Å²) in [5, 5.41) is 4.57. The van der Waals surface area contributed by atoms with E-state index in [0.29, 0.717) is 6.04 Å². The summed E-state index contributed by atoms with van der Waals surface area (Å²) in [7, 11) is 0. The van der Waals surface area contributed by atoms with Crippen molar-refractivity contribution in [2.75, 3.05) is 12.3 Å². The molecule has 19 heavy (non-hydrogen) atoms. The molecule has 106 valence electrons. The lowest BCUT2D eigenvalue weighted by atomic mass is 10.0. The summed E-state index contributed by atoms with van der Waals surface area (Å²) in [5.74, 6) is 1.26. The molecule has 2 heteroatoms. The Bertz CT molecular complexity index is 332. The standard InChI is InChI=1S/C17H27NS/c1-2-18-16(13-15-9-5-3-6-10-15)14-19-17-11-7-4-8-12-17/h3,5-6,9-10,16-18H,2,4,7-8,11-14H2,1H3. The van der Waals surface area contributed by atoms with E-state index < -0.39 is 0 Å². The molecule has 1 atom stereocenters. The predicted molar refractivity (Wildman–Crippen MR) is 86.9 cm³/mol. The molecule has 0 saturated heterocycles.